The Hall–Kier alpha value is -6.93. The van der Waals surface area contributed by atoms with E-state index in [0.29, 0.717) is 12.0 Å². The number of primary amides is 1. The minimum Gasteiger partial charge on any atom is -0.481 e. The zero-order valence-corrected chi connectivity index (χ0v) is 37.5. The van der Waals surface area contributed by atoms with Gasteiger partial charge in [0.05, 0.1) is 19.1 Å². The molecule has 26 heteroatoms. The van der Waals surface area contributed by atoms with Crippen LogP contribution in [-0.2, 0) is 54.4 Å². The first-order chi connectivity index (χ1) is 31.5. The molecule has 0 aliphatic carbocycles. The monoisotopic (exact) mass is 948 g/mol. The number of nitrogens with two attached hydrogens (primary N) is 4. The molecule has 0 spiro atoms. The lowest BCUT2D eigenvalue weighted by Gasteiger charge is -2.30. The molecule has 0 radical (unpaired) electrons. The van der Waals surface area contributed by atoms with Crippen molar-refractivity contribution < 1.29 is 68.4 Å². The van der Waals surface area contributed by atoms with E-state index in [9.17, 15) is 68.4 Å². The predicted molar refractivity (Wildman–Crippen MR) is 236 cm³/mol. The first-order valence-electron chi connectivity index (χ1n) is 21.5. The van der Waals surface area contributed by atoms with Crippen LogP contribution in [0.1, 0.15) is 71.3 Å². The summed E-state index contributed by atoms with van der Waals surface area (Å²) in [4.78, 5) is 136. The fraction of sp³-hybridized carbons (Fsp3) is 0.585. The van der Waals surface area contributed by atoms with Crippen LogP contribution in [0, 0.1) is 5.92 Å². The number of hydrogen-bond donors (Lipinski definition) is 14. The molecule has 1 aliphatic heterocycles. The van der Waals surface area contributed by atoms with Gasteiger partial charge in [-0.3, -0.25) is 48.1 Å². The number of aliphatic imine (C=N–C) groups is 1. The van der Waals surface area contributed by atoms with Crippen molar-refractivity contribution in [1.29, 1.82) is 0 Å². The summed E-state index contributed by atoms with van der Waals surface area (Å²) >= 11 is 0. The van der Waals surface area contributed by atoms with Crippen molar-refractivity contribution >= 4 is 65.2 Å². The topological polar surface area (TPSA) is 443 Å². The van der Waals surface area contributed by atoms with Gasteiger partial charge in [0.25, 0.3) is 0 Å². The van der Waals surface area contributed by atoms with Crippen LogP contribution in [0.25, 0.3) is 0 Å². The van der Waals surface area contributed by atoms with Crippen LogP contribution in [0.15, 0.2) is 35.3 Å². The third-order valence-electron chi connectivity index (χ3n) is 10.5. The summed E-state index contributed by atoms with van der Waals surface area (Å²) in [6.07, 6.45) is -3.20. The van der Waals surface area contributed by atoms with Gasteiger partial charge in [-0.15, -0.1) is 0 Å². The molecule has 0 saturated carbocycles. The first-order valence-corrected chi connectivity index (χ1v) is 21.5. The van der Waals surface area contributed by atoms with Gasteiger partial charge in [0.1, 0.15) is 48.3 Å². The lowest BCUT2D eigenvalue weighted by atomic mass is 10.00. The van der Waals surface area contributed by atoms with Gasteiger partial charge in [0, 0.05) is 25.9 Å². The number of nitrogens with one attached hydrogen (secondary N) is 6. The average molecular weight is 949 g/mol. The highest BCUT2D eigenvalue weighted by atomic mass is 16.4. The van der Waals surface area contributed by atoms with Gasteiger partial charge >= 0.3 is 11.9 Å². The second kappa shape index (κ2) is 27.5. The maximum atomic E-state index is 14.1. The number of carboxylic acid groups (broad SMARTS) is 2. The zero-order valence-electron chi connectivity index (χ0n) is 37.5. The Balaban J connectivity index is 2.40. The Morgan fingerprint density at radius 3 is 1.82 bits per heavy atom. The van der Waals surface area contributed by atoms with Crippen LogP contribution in [0.5, 0.6) is 0 Å². The van der Waals surface area contributed by atoms with E-state index in [1.54, 1.807) is 30.3 Å². The summed E-state index contributed by atoms with van der Waals surface area (Å²) in [5.41, 5.74) is 22.2. The highest BCUT2D eigenvalue weighted by molar-refractivity contribution is 5.98. The van der Waals surface area contributed by atoms with Gasteiger partial charge in [0.2, 0.25) is 47.3 Å². The number of hydrogen-bond acceptors (Lipinski definition) is 14. The molecule has 0 bridgehead atoms. The van der Waals surface area contributed by atoms with Gasteiger partial charge < -0.3 is 80.2 Å². The number of guanidine groups is 1. The highest BCUT2D eigenvalue weighted by Gasteiger charge is 2.40. The predicted octanol–water partition coefficient (Wildman–Crippen LogP) is -5.64. The third-order valence-corrected chi connectivity index (χ3v) is 10.5. The van der Waals surface area contributed by atoms with Crippen molar-refractivity contribution in [2.24, 2.45) is 33.8 Å². The number of likely N-dealkylation sites (tertiary alicyclic amines) is 1. The average Bonchev–Trinajstić information content (AvgIpc) is 3.76. The fourth-order valence-electron chi connectivity index (χ4n) is 6.85. The number of aliphatic carboxylic acids is 2. The van der Waals surface area contributed by atoms with E-state index in [2.05, 4.69) is 36.9 Å². The van der Waals surface area contributed by atoms with E-state index in [4.69, 9.17) is 22.9 Å². The number of benzene rings is 1. The van der Waals surface area contributed by atoms with E-state index in [-0.39, 0.29) is 44.7 Å². The Labute approximate surface area is 385 Å². The molecule has 18 N–H and O–H groups in total. The lowest BCUT2D eigenvalue weighted by molar-refractivity contribution is -0.150. The molecule has 1 aromatic carbocycles. The minimum atomic E-state index is -1.75. The van der Waals surface area contributed by atoms with Crippen molar-refractivity contribution in [2.45, 2.75) is 127 Å². The summed E-state index contributed by atoms with van der Waals surface area (Å²) < 4.78 is 0. The molecule has 0 unspecified atom stereocenters. The van der Waals surface area contributed by atoms with E-state index in [1.807, 2.05) is 0 Å². The molecule has 9 atom stereocenters. The van der Waals surface area contributed by atoms with Crippen molar-refractivity contribution in [2.75, 3.05) is 19.7 Å². The van der Waals surface area contributed by atoms with Crippen molar-refractivity contribution in [3.05, 3.63) is 35.9 Å². The highest BCUT2D eigenvalue weighted by Crippen LogP contribution is 2.20. The van der Waals surface area contributed by atoms with E-state index in [1.165, 1.54) is 13.8 Å². The van der Waals surface area contributed by atoms with E-state index < -0.39 is 145 Å². The van der Waals surface area contributed by atoms with E-state index in [0.717, 1.165) is 11.8 Å². The van der Waals surface area contributed by atoms with Crippen LogP contribution in [0.2, 0.25) is 0 Å². The van der Waals surface area contributed by atoms with Crippen molar-refractivity contribution in [3.63, 3.8) is 0 Å². The zero-order chi connectivity index (χ0) is 50.5. The van der Waals surface area contributed by atoms with Crippen molar-refractivity contribution in [3.8, 4) is 0 Å². The third kappa shape index (κ3) is 18.8. The second-order valence-corrected chi connectivity index (χ2v) is 16.3. The molecule has 0 aromatic heterocycles. The van der Waals surface area contributed by atoms with Crippen LogP contribution < -0.4 is 54.8 Å². The molecule has 1 aromatic rings. The molecule has 1 fully saturated rings. The molecular formula is C41H64N12O14. The van der Waals surface area contributed by atoms with Gasteiger partial charge in [-0.1, -0.05) is 44.2 Å². The van der Waals surface area contributed by atoms with Crippen LogP contribution in [0.4, 0.5) is 0 Å². The molecule has 1 saturated heterocycles. The smallest absolute Gasteiger partial charge is 0.326 e. The lowest BCUT2D eigenvalue weighted by Crippen LogP contribution is -2.62. The van der Waals surface area contributed by atoms with Crippen LogP contribution in [-0.4, -0.2) is 165 Å². The summed E-state index contributed by atoms with van der Waals surface area (Å²) in [6.45, 7) is 3.47. The van der Waals surface area contributed by atoms with Gasteiger partial charge in [-0.05, 0) is 50.5 Å². The number of carboxylic acids is 2. The number of nitrogens with zero attached hydrogens (tertiary/aromatic N) is 2. The normalized spacial score (nSPS) is 16.9. The number of aliphatic hydroxyl groups is 2. The van der Waals surface area contributed by atoms with Gasteiger partial charge in [-0.25, -0.2) is 4.79 Å². The fourth-order valence-corrected chi connectivity index (χ4v) is 6.85. The van der Waals surface area contributed by atoms with Crippen LogP contribution in [0.3, 0.4) is 0 Å². The molecule has 8 amide bonds. The Morgan fingerprint density at radius 2 is 1.27 bits per heavy atom. The van der Waals surface area contributed by atoms with Gasteiger partial charge in [-0.2, -0.15) is 0 Å². The van der Waals surface area contributed by atoms with E-state index >= 15 is 0 Å². The molecule has 1 heterocycles. The van der Waals surface area contributed by atoms with Crippen LogP contribution >= 0.6 is 0 Å². The minimum absolute atomic E-state index is 0.00996. The molecule has 67 heavy (non-hydrogen) atoms. The molecule has 372 valence electrons. The maximum absolute atomic E-state index is 14.1. The number of aliphatic hydroxyl groups excluding tert-OH is 2. The first kappa shape index (κ1) is 56.2. The Morgan fingerprint density at radius 1 is 0.731 bits per heavy atom. The number of rotatable bonds is 28. The number of carbonyl (C=O) groups is 10. The SMILES string of the molecule is CC(C)[C@H](NC(=O)[C@@H](NC(=O)[C@H](CCCN=C(N)N)NC(=O)[C@@H](N)CO)[C@@H](C)O)C(=O)N[C@@H](CCC(N)=O)C(=O)N[C@@H](Cc1ccccc1)C(=O)N[C@@H](CC(=O)O)C(=O)N1CCC[C@H]1C(=O)O. The summed E-state index contributed by atoms with van der Waals surface area (Å²) in [6, 6.07) is -4.03. The van der Waals surface area contributed by atoms with Crippen molar-refractivity contribution in [1.82, 2.24) is 36.8 Å². The largest absolute Gasteiger partial charge is 0.481 e. The number of carbonyl (C=O) groups excluding carboxylic acids is 8. The Bertz CT molecular complexity index is 1950. The molecule has 2 rings (SSSR count). The second-order valence-electron chi connectivity index (χ2n) is 16.3. The summed E-state index contributed by atoms with van der Waals surface area (Å²) in [7, 11) is 0. The molecule has 26 nitrogen and oxygen atoms in total. The molecule has 1 aliphatic rings. The summed E-state index contributed by atoms with van der Waals surface area (Å²) in [5.74, 6) is -11.7. The Kier molecular flexibility index (Phi) is 23.1. The molecular weight excluding hydrogens is 885 g/mol. The van der Waals surface area contributed by atoms with Gasteiger partial charge in [0.15, 0.2) is 5.96 Å². The quantitative estimate of drug-likeness (QED) is 0.0212. The summed E-state index contributed by atoms with van der Waals surface area (Å²) in [5, 5.41) is 53.6. The standard InChI is InChI=1S/C41H64N12O14/c1-20(2)31(51-38(64)32(21(3)55)52-35(61)24(11-7-15-46-41(44)45)47-33(59)23(42)19-54)37(63)48-25(13-14-29(43)56)34(60)49-26(17-22-9-5-4-6-10-22)36(62)50-27(18-30(57)58)39(65)53-16-8-12-28(53)40(66)67/h4-6,9-10,20-21,23-28,31-32,54-55H,7-8,11-19,42H2,1-3H3,(H2,43,56)(H,47,59)(H,48,63)(H,49,60)(H,50,62)(H,51,64)(H,52,61)(H,57,58)(H,66,67)(H4,44,45,46)/t21-,23+,24+,25+,26+,27+,28+,31+,32+/m1/s1. The number of amides is 8. The maximum Gasteiger partial charge on any atom is 0.326 e.